The van der Waals surface area contributed by atoms with Gasteiger partial charge in [0.2, 0.25) is 5.91 Å². The first-order chi connectivity index (χ1) is 13.6. The molecule has 1 N–H and O–H groups in total. The van der Waals surface area contributed by atoms with Gasteiger partial charge in [-0.2, -0.15) is 5.26 Å². The van der Waals surface area contributed by atoms with Gasteiger partial charge in [-0.1, -0.05) is 67.5 Å². The van der Waals surface area contributed by atoms with Crippen LogP contribution in [0.1, 0.15) is 31.7 Å². The molecule has 0 aliphatic carbocycles. The molecule has 1 heterocycles. The molecule has 0 bridgehead atoms. The fraction of sp³-hybridized carbons (Fsp3) is 0.261. The van der Waals surface area contributed by atoms with Crippen molar-refractivity contribution in [2.45, 2.75) is 26.2 Å². The van der Waals surface area contributed by atoms with Crippen LogP contribution in [-0.2, 0) is 4.79 Å². The number of benzene rings is 2. The molecule has 3 rings (SSSR count). The summed E-state index contributed by atoms with van der Waals surface area (Å²) in [5.74, 6) is 0.712. The van der Waals surface area contributed by atoms with E-state index in [0.717, 1.165) is 34.4 Å². The highest BCUT2D eigenvalue weighted by Crippen LogP contribution is 2.30. The second-order valence-corrected chi connectivity index (χ2v) is 7.14. The number of amides is 1. The van der Waals surface area contributed by atoms with Crippen LogP contribution in [0.5, 0.6) is 0 Å². The van der Waals surface area contributed by atoms with E-state index in [-0.39, 0.29) is 18.4 Å². The van der Waals surface area contributed by atoms with Crippen LogP contribution in [0.25, 0.3) is 22.5 Å². The Bertz CT molecular complexity index is 954. The van der Waals surface area contributed by atoms with E-state index in [9.17, 15) is 4.79 Å². The molecule has 3 aromatic rings. The van der Waals surface area contributed by atoms with E-state index in [4.69, 9.17) is 9.78 Å². The van der Waals surface area contributed by atoms with Gasteiger partial charge in [-0.15, -0.1) is 0 Å². The van der Waals surface area contributed by atoms with E-state index >= 15 is 0 Å². The van der Waals surface area contributed by atoms with Crippen LogP contribution in [0.4, 0.5) is 0 Å². The van der Waals surface area contributed by atoms with E-state index in [1.165, 1.54) is 0 Å². The average molecular weight is 373 g/mol. The smallest absolute Gasteiger partial charge is 0.228 e. The second-order valence-electron chi connectivity index (χ2n) is 7.14. The number of hydrogen-bond acceptors (Lipinski definition) is 4. The first-order valence-corrected chi connectivity index (χ1v) is 9.34. The quantitative estimate of drug-likeness (QED) is 0.605. The summed E-state index contributed by atoms with van der Waals surface area (Å²) in [6.07, 6.45) is 2.35. The number of aromatic nitrogens is 1. The molecule has 0 saturated heterocycles. The standard InChI is InChI=1S/C23H23N3O2/c1-16(2)14-21(23(27)25-13-11-24)20-5-3-4-19(15-20)17-6-8-18(9-7-17)22-10-12-26-28-22/h3-10,12,15-16,21H,13-14H2,1-2H3,(H,25,27). The van der Waals surface area contributed by atoms with Crippen molar-refractivity contribution >= 4 is 5.91 Å². The molecule has 0 saturated carbocycles. The maximum Gasteiger partial charge on any atom is 0.228 e. The number of nitriles is 1. The van der Waals surface area contributed by atoms with Crippen molar-refractivity contribution in [3.8, 4) is 28.5 Å². The zero-order chi connectivity index (χ0) is 19.9. The van der Waals surface area contributed by atoms with Crippen LogP contribution < -0.4 is 5.32 Å². The Hall–Kier alpha value is -3.39. The second kappa shape index (κ2) is 9.01. The highest BCUT2D eigenvalue weighted by molar-refractivity contribution is 5.84. The Morgan fingerprint density at radius 1 is 1.11 bits per heavy atom. The third-order valence-electron chi connectivity index (χ3n) is 4.59. The normalized spacial score (nSPS) is 11.8. The lowest BCUT2D eigenvalue weighted by atomic mass is 9.88. The van der Waals surface area contributed by atoms with Gasteiger partial charge >= 0.3 is 0 Å². The third-order valence-corrected chi connectivity index (χ3v) is 4.59. The fourth-order valence-corrected chi connectivity index (χ4v) is 3.24. The molecule has 0 aliphatic rings. The number of carbonyl (C=O) groups excluding carboxylic acids is 1. The van der Waals surface area contributed by atoms with Crippen LogP contribution in [0.3, 0.4) is 0 Å². The van der Waals surface area contributed by atoms with Gasteiger partial charge in [0.15, 0.2) is 5.76 Å². The fourth-order valence-electron chi connectivity index (χ4n) is 3.24. The molecule has 1 amide bonds. The number of hydrogen-bond donors (Lipinski definition) is 1. The predicted octanol–water partition coefficient (Wildman–Crippen LogP) is 4.78. The minimum absolute atomic E-state index is 0.0240. The molecule has 1 aromatic heterocycles. The van der Waals surface area contributed by atoms with Crippen molar-refractivity contribution in [3.63, 3.8) is 0 Å². The van der Waals surface area contributed by atoms with Crippen molar-refractivity contribution in [1.82, 2.24) is 10.5 Å². The zero-order valence-electron chi connectivity index (χ0n) is 16.1. The van der Waals surface area contributed by atoms with E-state index in [1.54, 1.807) is 6.20 Å². The molecule has 5 nitrogen and oxygen atoms in total. The summed E-state index contributed by atoms with van der Waals surface area (Å²) in [7, 11) is 0. The van der Waals surface area contributed by atoms with Gasteiger partial charge in [-0.05, 0) is 29.0 Å². The van der Waals surface area contributed by atoms with Crippen LogP contribution in [0, 0.1) is 17.2 Å². The first kappa shape index (κ1) is 19.4. The first-order valence-electron chi connectivity index (χ1n) is 9.34. The van der Waals surface area contributed by atoms with Gasteiger partial charge in [-0.3, -0.25) is 4.79 Å². The Morgan fingerprint density at radius 2 is 1.86 bits per heavy atom. The summed E-state index contributed by atoms with van der Waals surface area (Å²) in [4.78, 5) is 12.6. The Morgan fingerprint density at radius 3 is 2.50 bits per heavy atom. The molecule has 5 heteroatoms. The summed E-state index contributed by atoms with van der Waals surface area (Å²) in [5, 5.41) is 15.2. The van der Waals surface area contributed by atoms with Crippen molar-refractivity contribution < 1.29 is 9.32 Å². The van der Waals surface area contributed by atoms with Crippen LogP contribution >= 0.6 is 0 Å². The average Bonchev–Trinajstić information content (AvgIpc) is 3.25. The minimum Gasteiger partial charge on any atom is -0.356 e. The Balaban J connectivity index is 1.87. The van der Waals surface area contributed by atoms with Gasteiger partial charge < -0.3 is 9.84 Å². The van der Waals surface area contributed by atoms with E-state index in [1.807, 2.05) is 54.6 Å². The van der Waals surface area contributed by atoms with Crippen molar-refractivity contribution in [2.24, 2.45) is 5.92 Å². The lowest BCUT2D eigenvalue weighted by Gasteiger charge is -2.19. The monoisotopic (exact) mass is 373 g/mol. The molecule has 0 fully saturated rings. The summed E-state index contributed by atoms with van der Waals surface area (Å²) in [6, 6.07) is 19.9. The third kappa shape index (κ3) is 4.66. The van der Waals surface area contributed by atoms with Gasteiger partial charge in [0.1, 0.15) is 6.54 Å². The van der Waals surface area contributed by atoms with E-state index < -0.39 is 0 Å². The molecule has 1 unspecified atom stereocenters. The number of nitrogens with zero attached hydrogens (tertiary/aromatic N) is 2. The molecule has 0 spiro atoms. The zero-order valence-corrected chi connectivity index (χ0v) is 16.1. The Kier molecular flexibility index (Phi) is 6.23. The highest BCUT2D eigenvalue weighted by atomic mass is 16.5. The summed E-state index contributed by atoms with van der Waals surface area (Å²) < 4.78 is 5.19. The van der Waals surface area contributed by atoms with Gasteiger partial charge in [0.25, 0.3) is 0 Å². The van der Waals surface area contributed by atoms with Crippen molar-refractivity contribution in [2.75, 3.05) is 6.54 Å². The van der Waals surface area contributed by atoms with Crippen molar-refractivity contribution in [1.29, 1.82) is 5.26 Å². The lowest BCUT2D eigenvalue weighted by molar-refractivity contribution is -0.122. The largest absolute Gasteiger partial charge is 0.356 e. The molecule has 1 atom stereocenters. The van der Waals surface area contributed by atoms with E-state index in [2.05, 4.69) is 30.4 Å². The molecular weight excluding hydrogens is 350 g/mol. The number of carbonyl (C=O) groups is 1. The molecular formula is C23H23N3O2. The van der Waals surface area contributed by atoms with Crippen LogP contribution in [0.2, 0.25) is 0 Å². The molecule has 142 valence electrons. The molecule has 28 heavy (non-hydrogen) atoms. The summed E-state index contributed by atoms with van der Waals surface area (Å²) in [6.45, 7) is 4.21. The van der Waals surface area contributed by atoms with Crippen LogP contribution in [0.15, 0.2) is 65.3 Å². The Labute approximate surface area is 165 Å². The predicted molar refractivity (Wildman–Crippen MR) is 108 cm³/mol. The lowest BCUT2D eigenvalue weighted by Crippen LogP contribution is -2.30. The maximum absolute atomic E-state index is 12.6. The van der Waals surface area contributed by atoms with Gasteiger partial charge in [-0.25, -0.2) is 0 Å². The van der Waals surface area contributed by atoms with E-state index in [0.29, 0.717) is 5.92 Å². The maximum atomic E-state index is 12.6. The van der Waals surface area contributed by atoms with Crippen LogP contribution in [-0.4, -0.2) is 17.6 Å². The topological polar surface area (TPSA) is 78.9 Å². The number of nitrogens with one attached hydrogen (secondary N) is 1. The SMILES string of the molecule is CC(C)CC(C(=O)NCC#N)c1cccc(-c2ccc(-c3ccno3)cc2)c1. The van der Waals surface area contributed by atoms with Gasteiger partial charge in [0.05, 0.1) is 18.2 Å². The number of rotatable bonds is 7. The minimum atomic E-state index is -0.276. The van der Waals surface area contributed by atoms with Gasteiger partial charge in [0, 0.05) is 11.6 Å². The molecule has 0 radical (unpaired) electrons. The van der Waals surface area contributed by atoms with Crippen molar-refractivity contribution in [3.05, 3.63) is 66.4 Å². The summed E-state index contributed by atoms with van der Waals surface area (Å²) >= 11 is 0. The molecule has 0 aliphatic heterocycles. The molecule has 2 aromatic carbocycles. The highest BCUT2D eigenvalue weighted by Gasteiger charge is 2.22. The summed E-state index contributed by atoms with van der Waals surface area (Å²) in [5.41, 5.74) is 4.03.